The summed E-state index contributed by atoms with van der Waals surface area (Å²) >= 11 is 2.64. The van der Waals surface area contributed by atoms with Crippen molar-refractivity contribution in [1.82, 2.24) is 39.3 Å². The molecule has 2 unspecified atom stereocenters. The maximum absolute atomic E-state index is 13.3. The molecule has 19 nitrogen and oxygen atoms in total. The zero-order chi connectivity index (χ0) is 30.5. The minimum Gasteiger partial charge on any atom is -0.478 e. The number of carbonyl (C=O) groups is 3. The number of nitrogens with zero attached hydrogens (tertiary/aromatic N) is 9. The molecule has 2 amide bonds. The van der Waals surface area contributed by atoms with E-state index in [1.807, 2.05) is 9.36 Å². The normalized spacial score (nSPS) is 22.6. The van der Waals surface area contributed by atoms with Gasteiger partial charge in [0.15, 0.2) is 10.8 Å². The van der Waals surface area contributed by atoms with Gasteiger partial charge in [0.1, 0.15) is 24.3 Å². The van der Waals surface area contributed by atoms with E-state index in [-0.39, 0.29) is 34.5 Å². The Hall–Kier alpha value is -4.15. The molecule has 228 valence electrons. The molecule has 6 rings (SSSR count). The van der Waals surface area contributed by atoms with Crippen LogP contribution in [0.15, 0.2) is 29.4 Å². The number of carboxylic acid groups (broad SMARTS) is 1. The molecule has 3 aliphatic rings. The van der Waals surface area contributed by atoms with Crippen molar-refractivity contribution in [3.8, 4) is 0 Å². The van der Waals surface area contributed by atoms with Gasteiger partial charge >= 0.3 is 22.6 Å². The van der Waals surface area contributed by atoms with E-state index in [0.29, 0.717) is 16.7 Å². The maximum atomic E-state index is 13.3. The third-order valence-corrected chi connectivity index (χ3v) is 9.86. The zero-order valence-electron chi connectivity index (χ0n) is 22.0. The number of fused-ring (bicyclic) bond motifs is 1. The Bertz CT molecular complexity index is 1710. The number of nitrogens with one attached hydrogen (secondary N) is 1. The Balaban J connectivity index is 1.15. The van der Waals surface area contributed by atoms with Crippen LogP contribution in [-0.4, -0.2) is 98.5 Å². The molecule has 0 aromatic carbocycles. The predicted molar refractivity (Wildman–Crippen MR) is 145 cm³/mol. The Labute approximate surface area is 250 Å². The number of aliphatic carboxylic acids is 1. The number of nitrogens with two attached hydrogens (primary N) is 1. The number of thiazole rings is 1. The molecule has 1 saturated carbocycles. The summed E-state index contributed by atoms with van der Waals surface area (Å²) in [5.41, 5.74) is 4.19. The van der Waals surface area contributed by atoms with Crippen molar-refractivity contribution < 1.29 is 42.0 Å². The lowest BCUT2D eigenvalue weighted by atomic mass is 9.98. The average molecular weight is 655 g/mol. The number of carbonyl (C=O) groups excluding carboxylic acids is 2. The third kappa shape index (κ3) is 5.77. The lowest BCUT2D eigenvalue weighted by molar-refractivity contribution is -0.758. The molecule has 0 spiro atoms. The van der Waals surface area contributed by atoms with Crippen LogP contribution in [0.1, 0.15) is 24.2 Å². The van der Waals surface area contributed by atoms with Gasteiger partial charge in [0.25, 0.3) is 11.8 Å². The molecule has 22 heteroatoms. The topological polar surface area (TPSA) is 254 Å². The second kappa shape index (κ2) is 10.8. The molecule has 0 bridgehead atoms. The second-order valence-electron chi connectivity index (χ2n) is 9.98. The van der Waals surface area contributed by atoms with Gasteiger partial charge in [-0.25, -0.2) is 14.1 Å². The molecule has 2 fully saturated rings. The number of amides is 2. The molecule has 2 aliphatic heterocycles. The maximum Gasteiger partial charge on any atom is 0.362 e. The molecular weight excluding hydrogens is 631 g/mol. The standard InChI is InChI=1S/C21H23N11O8S3/c22-20-25-13(8-42-20)15(28-40-21(1-2-21)19(35)36)17(33)26-16-14(32(18(16)34)43(37,38)39)6-31-24-3-11(27-31)7-41-12-4-29-9-23-10-30(29)5-12/h3,8-10,12,14,16H,1-2,4-7H2,(H4-,22,25,26,33,35,36,37,38,39)/p+1. The van der Waals surface area contributed by atoms with Gasteiger partial charge in [0.05, 0.1) is 30.2 Å². The van der Waals surface area contributed by atoms with E-state index in [0.717, 1.165) is 24.4 Å². The van der Waals surface area contributed by atoms with E-state index in [2.05, 4.69) is 30.6 Å². The first-order valence-electron chi connectivity index (χ1n) is 12.7. The van der Waals surface area contributed by atoms with Crippen molar-refractivity contribution in [2.45, 2.75) is 61.2 Å². The number of anilines is 1. The monoisotopic (exact) mass is 654 g/mol. The van der Waals surface area contributed by atoms with Crippen LogP contribution in [0.5, 0.6) is 0 Å². The number of carboxylic acids is 1. The molecule has 5 heterocycles. The highest BCUT2D eigenvalue weighted by molar-refractivity contribution is 7.99. The first kappa shape index (κ1) is 28.9. The lowest BCUT2D eigenvalue weighted by Crippen LogP contribution is -2.73. The highest BCUT2D eigenvalue weighted by Crippen LogP contribution is 2.40. The SMILES string of the molecule is Nc1nc(C(=NOC2(C(=O)O)CC2)C(=O)NC2C(=O)N(S(=O)(=O)O)C2Cn2ncc(CSC3Cn4cnc[n+]4C3)n2)cs1. The van der Waals surface area contributed by atoms with Crippen molar-refractivity contribution in [2.24, 2.45) is 5.16 Å². The second-order valence-corrected chi connectivity index (χ2v) is 13.4. The first-order chi connectivity index (χ1) is 20.4. The van der Waals surface area contributed by atoms with Gasteiger partial charge in [-0.2, -0.15) is 32.8 Å². The van der Waals surface area contributed by atoms with Crippen molar-refractivity contribution in [1.29, 1.82) is 0 Å². The number of nitrogen functional groups attached to an aromatic ring is 1. The number of oxime groups is 1. The fraction of sp³-hybridized carbons (Fsp3) is 0.476. The van der Waals surface area contributed by atoms with Crippen LogP contribution in [0.25, 0.3) is 0 Å². The number of thioether (sulfide) groups is 1. The highest BCUT2D eigenvalue weighted by Gasteiger charge is 2.56. The van der Waals surface area contributed by atoms with Crippen LogP contribution in [-0.2, 0) is 54.9 Å². The molecule has 1 saturated heterocycles. The Morgan fingerprint density at radius 2 is 2.16 bits per heavy atom. The van der Waals surface area contributed by atoms with Crippen molar-refractivity contribution in [2.75, 3.05) is 5.73 Å². The third-order valence-electron chi connectivity index (χ3n) is 7.00. The number of β-lactam (4-membered cyclic amide) rings is 1. The summed E-state index contributed by atoms with van der Waals surface area (Å²) in [5.74, 6) is -2.86. The smallest absolute Gasteiger partial charge is 0.362 e. The summed E-state index contributed by atoms with van der Waals surface area (Å²) < 4.78 is 37.9. The van der Waals surface area contributed by atoms with E-state index >= 15 is 0 Å². The first-order valence-corrected chi connectivity index (χ1v) is 16.0. The van der Waals surface area contributed by atoms with E-state index in [1.54, 1.807) is 24.4 Å². The molecule has 2 atom stereocenters. The van der Waals surface area contributed by atoms with Gasteiger partial charge in [0.2, 0.25) is 11.9 Å². The Morgan fingerprint density at radius 3 is 2.81 bits per heavy atom. The van der Waals surface area contributed by atoms with Crippen LogP contribution in [0, 0.1) is 0 Å². The highest BCUT2D eigenvalue weighted by atomic mass is 32.2. The predicted octanol–water partition coefficient (Wildman–Crippen LogP) is -2.35. The van der Waals surface area contributed by atoms with Crippen LogP contribution in [0.3, 0.4) is 0 Å². The van der Waals surface area contributed by atoms with Gasteiger partial charge in [-0.1, -0.05) is 5.16 Å². The van der Waals surface area contributed by atoms with Gasteiger partial charge in [0, 0.05) is 24.0 Å². The average Bonchev–Trinajstić information content (AvgIpc) is 3.31. The number of hydrogen-bond acceptors (Lipinski definition) is 14. The molecule has 43 heavy (non-hydrogen) atoms. The summed E-state index contributed by atoms with van der Waals surface area (Å²) in [5, 5.41) is 25.8. The van der Waals surface area contributed by atoms with E-state index in [1.165, 1.54) is 16.4 Å². The summed E-state index contributed by atoms with van der Waals surface area (Å²) in [7, 11) is -4.99. The quantitative estimate of drug-likeness (QED) is 0.0525. The number of hydrogen-bond donors (Lipinski definition) is 4. The van der Waals surface area contributed by atoms with Gasteiger partial charge in [-0.3, -0.25) is 14.1 Å². The fourth-order valence-corrected chi connectivity index (χ4v) is 7.07. The summed E-state index contributed by atoms with van der Waals surface area (Å²) in [4.78, 5) is 51.9. The Morgan fingerprint density at radius 1 is 1.37 bits per heavy atom. The number of rotatable bonds is 12. The molecule has 5 N–H and O–H groups in total. The molecular formula is C21H24N11O8S3+. The molecule has 3 aromatic heterocycles. The van der Waals surface area contributed by atoms with Crippen molar-refractivity contribution in [3.63, 3.8) is 0 Å². The van der Waals surface area contributed by atoms with E-state index in [9.17, 15) is 32.5 Å². The van der Waals surface area contributed by atoms with Crippen LogP contribution in [0.4, 0.5) is 5.13 Å². The lowest BCUT2D eigenvalue weighted by Gasteiger charge is -2.43. The van der Waals surface area contributed by atoms with Crippen LogP contribution < -0.4 is 15.7 Å². The number of aromatic nitrogens is 7. The summed E-state index contributed by atoms with van der Waals surface area (Å²) in [6, 6.07) is -2.73. The minimum absolute atomic E-state index is 0.0447. The van der Waals surface area contributed by atoms with Crippen LogP contribution >= 0.6 is 23.1 Å². The fourth-order valence-electron chi connectivity index (χ4n) is 4.60. The van der Waals surface area contributed by atoms with Gasteiger partial charge in [-0.05, 0) is 4.98 Å². The Kier molecular flexibility index (Phi) is 7.30. The summed E-state index contributed by atoms with van der Waals surface area (Å²) in [6.07, 6.45) is 5.36. The van der Waals surface area contributed by atoms with Crippen LogP contribution in [0.2, 0.25) is 0 Å². The van der Waals surface area contributed by atoms with Gasteiger partial charge in [-0.15, -0.1) is 23.1 Å². The molecule has 3 aromatic rings. The minimum atomic E-state index is -4.99. The van der Waals surface area contributed by atoms with Crippen molar-refractivity contribution >= 4 is 62.0 Å². The molecule has 1 aliphatic carbocycles. The summed E-state index contributed by atoms with van der Waals surface area (Å²) in [6.45, 7) is 1.29. The van der Waals surface area contributed by atoms with E-state index in [4.69, 9.17) is 10.6 Å². The zero-order valence-corrected chi connectivity index (χ0v) is 24.4. The molecule has 0 radical (unpaired) electrons. The van der Waals surface area contributed by atoms with E-state index < -0.39 is 51.5 Å². The van der Waals surface area contributed by atoms with Gasteiger partial charge < -0.3 is 21.0 Å². The van der Waals surface area contributed by atoms with Crippen molar-refractivity contribution in [3.05, 3.63) is 35.6 Å². The largest absolute Gasteiger partial charge is 0.478 e.